The molecule has 1 aromatic carbocycles. The summed E-state index contributed by atoms with van der Waals surface area (Å²) in [5, 5.41) is 0.779. The van der Waals surface area contributed by atoms with Crippen molar-refractivity contribution in [2.75, 3.05) is 20.4 Å². The molecule has 0 N–H and O–H groups in total. The lowest BCUT2D eigenvalue weighted by atomic mass is 9.68. The van der Waals surface area contributed by atoms with Gasteiger partial charge in [-0.15, -0.1) is 0 Å². The largest absolute Gasteiger partial charge is 0.483 e. The molecule has 1 aromatic rings. The van der Waals surface area contributed by atoms with Gasteiger partial charge in [-0.3, -0.25) is 9.69 Å². The Balaban J connectivity index is 1.67. The van der Waals surface area contributed by atoms with Crippen LogP contribution in [0.15, 0.2) is 23.2 Å². The molecule has 0 aromatic heterocycles. The lowest BCUT2D eigenvalue weighted by Gasteiger charge is -2.43. The SMILES string of the molecule is COC1CCC2(CC1)Oc1ccc(C3CC3)cc1C21N=C(SC)N(C)C1=O. The maximum atomic E-state index is 13.7. The number of likely N-dealkylation sites (N-methyl/N-ethyl adjacent to an activating group) is 1. The number of benzene rings is 1. The quantitative estimate of drug-likeness (QED) is 0.778. The molecular weight excluding hydrogens is 360 g/mol. The van der Waals surface area contributed by atoms with Crippen LogP contribution < -0.4 is 4.74 Å². The molecule has 1 unspecified atom stereocenters. The Morgan fingerprint density at radius 1 is 1.26 bits per heavy atom. The van der Waals surface area contributed by atoms with Crippen molar-refractivity contribution in [3.63, 3.8) is 0 Å². The summed E-state index contributed by atoms with van der Waals surface area (Å²) < 4.78 is 12.2. The molecule has 5 nitrogen and oxygen atoms in total. The third-order valence-corrected chi connectivity index (χ3v) is 7.56. The van der Waals surface area contributed by atoms with E-state index in [2.05, 4.69) is 18.2 Å². The molecule has 27 heavy (non-hydrogen) atoms. The molecule has 0 radical (unpaired) electrons. The minimum Gasteiger partial charge on any atom is -0.483 e. The number of thioether (sulfide) groups is 1. The maximum Gasteiger partial charge on any atom is 0.265 e. The first-order valence-electron chi connectivity index (χ1n) is 9.83. The number of carbonyl (C=O) groups is 1. The lowest BCUT2D eigenvalue weighted by Crippen LogP contribution is -2.57. The van der Waals surface area contributed by atoms with Crippen molar-refractivity contribution in [1.82, 2.24) is 4.90 Å². The highest BCUT2D eigenvalue weighted by molar-refractivity contribution is 8.13. The average molecular weight is 387 g/mol. The second-order valence-electron chi connectivity index (χ2n) is 8.23. The third-order valence-electron chi connectivity index (χ3n) is 6.83. The normalized spacial score (nSPS) is 34.9. The van der Waals surface area contributed by atoms with Crippen LogP contribution in [0, 0.1) is 0 Å². The van der Waals surface area contributed by atoms with Gasteiger partial charge in [-0.05, 0) is 68.4 Å². The number of carbonyl (C=O) groups excluding carboxylic acids is 1. The minimum absolute atomic E-state index is 0.0504. The number of aliphatic imine (C=N–C) groups is 1. The first-order valence-corrected chi connectivity index (χ1v) is 11.1. The van der Waals surface area contributed by atoms with Crippen molar-refractivity contribution < 1.29 is 14.3 Å². The molecule has 2 fully saturated rings. The van der Waals surface area contributed by atoms with Gasteiger partial charge in [-0.2, -0.15) is 0 Å². The van der Waals surface area contributed by atoms with Crippen LogP contribution in [0.5, 0.6) is 5.75 Å². The molecule has 4 aliphatic rings. The van der Waals surface area contributed by atoms with Gasteiger partial charge in [0.15, 0.2) is 5.17 Å². The lowest BCUT2D eigenvalue weighted by molar-refractivity contribution is -0.140. The second-order valence-corrected chi connectivity index (χ2v) is 9.01. The van der Waals surface area contributed by atoms with E-state index in [1.54, 1.807) is 12.0 Å². The van der Waals surface area contributed by atoms with Crippen molar-refractivity contribution >= 4 is 22.8 Å². The molecule has 0 saturated heterocycles. The van der Waals surface area contributed by atoms with Gasteiger partial charge < -0.3 is 9.47 Å². The molecule has 1 amide bonds. The van der Waals surface area contributed by atoms with Crippen molar-refractivity contribution in [3.8, 4) is 5.75 Å². The van der Waals surface area contributed by atoms with E-state index >= 15 is 0 Å². The van der Waals surface area contributed by atoms with E-state index in [9.17, 15) is 4.79 Å². The van der Waals surface area contributed by atoms with Crippen LogP contribution in [0.3, 0.4) is 0 Å². The summed E-state index contributed by atoms with van der Waals surface area (Å²) in [4.78, 5) is 20.5. The highest BCUT2D eigenvalue weighted by Crippen LogP contribution is 2.59. The van der Waals surface area contributed by atoms with Crippen LogP contribution in [0.4, 0.5) is 0 Å². The van der Waals surface area contributed by atoms with Crippen LogP contribution >= 0.6 is 11.8 Å². The Morgan fingerprint density at radius 2 is 2.00 bits per heavy atom. The standard InChI is InChI=1S/C21H26N2O3S/c1-23-18(24)21(22-19(23)27-3)16-12-14(13-4-5-13)6-7-17(16)26-20(21)10-8-15(25-2)9-11-20/h6-7,12-13,15H,4-5,8-11H2,1-3H3. The van der Waals surface area contributed by atoms with Crippen LogP contribution in [-0.4, -0.2) is 48.1 Å². The summed E-state index contributed by atoms with van der Waals surface area (Å²) >= 11 is 1.53. The van der Waals surface area contributed by atoms with E-state index in [1.165, 1.54) is 30.2 Å². The summed E-state index contributed by atoms with van der Waals surface area (Å²) in [6.45, 7) is 0. The number of nitrogens with zero attached hydrogens (tertiary/aromatic N) is 2. The molecular formula is C21H26N2O3S. The molecule has 6 heteroatoms. The average Bonchev–Trinajstić information content (AvgIpc) is 3.47. The zero-order valence-corrected chi connectivity index (χ0v) is 17.0. The first-order chi connectivity index (χ1) is 13.0. The van der Waals surface area contributed by atoms with E-state index in [1.807, 2.05) is 13.3 Å². The molecule has 1 atom stereocenters. The van der Waals surface area contributed by atoms with Gasteiger partial charge in [0.2, 0.25) is 5.54 Å². The number of rotatable bonds is 2. The van der Waals surface area contributed by atoms with Gasteiger partial charge >= 0.3 is 0 Å². The van der Waals surface area contributed by atoms with Crippen molar-refractivity contribution in [2.24, 2.45) is 4.99 Å². The number of amidine groups is 1. The molecule has 144 valence electrons. The zero-order chi connectivity index (χ0) is 18.8. The summed E-state index contributed by atoms with van der Waals surface area (Å²) in [6.07, 6.45) is 8.04. The van der Waals surface area contributed by atoms with Gasteiger partial charge in [-0.25, -0.2) is 4.99 Å². The fourth-order valence-corrected chi connectivity index (χ4v) is 5.71. The topological polar surface area (TPSA) is 51.1 Å². The molecule has 2 spiro atoms. The fourth-order valence-electron chi connectivity index (χ4n) is 5.13. The Hall–Kier alpha value is -1.53. The molecule has 2 heterocycles. The first kappa shape index (κ1) is 17.6. The highest BCUT2D eigenvalue weighted by Gasteiger charge is 2.69. The molecule has 0 bridgehead atoms. The number of amides is 1. The minimum atomic E-state index is -0.945. The maximum absolute atomic E-state index is 13.7. The van der Waals surface area contributed by atoms with E-state index < -0.39 is 11.1 Å². The van der Waals surface area contributed by atoms with Crippen molar-refractivity contribution in [2.45, 2.75) is 61.7 Å². The van der Waals surface area contributed by atoms with Crippen molar-refractivity contribution in [1.29, 1.82) is 0 Å². The van der Waals surface area contributed by atoms with Crippen LogP contribution in [0.1, 0.15) is 55.6 Å². The van der Waals surface area contributed by atoms with Gasteiger partial charge in [0.25, 0.3) is 5.91 Å². The smallest absolute Gasteiger partial charge is 0.265 e. The molecule has 5 rings (SSSR count). The highest BCUT2D eigenvalue weighted by atomic mass is 32.2. The molecule has 2 saturated carbocycles. The number of methoxy groups -OCH3 is 1. The number of fused-ring (bicyclic) bond motifs is 3. The predicted octanol–water partition coefficient (Wildman–Crippen LogP) is 3.67. The second kappa shape index (κ2) is 5.98. The summed E-state index contributed by atoms with van der Waals surface area (Å²) in [5.74, 6) is 1.52. The van der Waals surface area contributed by atoms with E-state index in [4.69, 9.17) is 14.5 Å². The van der Waals surface area contributed by atoms with Crippen LogP contribution in [0.2, 0.25) is 0 Å². The van der Waals surface area contributed by atoms with E-state index in [-0.39, 0.29) is 12.0 Å². The van der Waals surface area contributed by atoms with E-state index in [0.29, 0.717) is 5.92 Å². The fraction of sp³-hybridized carbons (Fsp3) is 0.619. The van der Waals surface area contributed by atoms with Gasteiger partial charge in [0.05, 0.1) is 6.10 Å². The summed E-state index contributed by atoms with van der Waals surface area (Å²) in [6, 6.07) is 6.46. The zero-order valence-electron chi connectivity index (χ0n) is 16.2. The molecule has 2 aliphatic carbocycles. The van der Waals surface area contributed by atoms with Gasteiger partial charge in [-0.1, -0.05) is 17.8 Å². The number of ether oxygens (including phenoxy) is 2. The van der Waals surface area contributed by atoms with E-state index in [0.717, 1.165) is 42.2 Å². The third kappa shape index (κ3) is 2.29. The Morgan fingerprint density at radius 3 is 2.59 bits per heavy atom. The van der Waals surface area contributed by atoms with Gasteiger partial charge in [0, 0.05) is 19.7 Å². The summed E-state index contributed by atoms with van der Waals surface area (Å²) in [5.41, 5.74) is 0.750. The van der Waals surface area contributed by atoms with Crippen molar-refractivity contribution in [3.05, 3.63) is 29.3 Å². The number of hydrogen-bond donors (Lipinski definition) is 0. The number of hydrogen-bond acceptors (Lipinski definition) is 5. The Bertz CT molecular complexity index is 827. The van der Waals surface area contributed by atoms with Gasteiger partial charge in [0.1, 0.15) is 11.4 Å². The predicted molar refractivity (Wildman–Crippen MR) is 106 cm³/mol. The van der Waals surface area contributed by atoms with Crippen LogP contribution in [-0.2, 0) is 15.1 Å². The van der Waals surface area contributed by atoms with Crippen LogP contribution in [0.25, 0.3) is 0 Å². The Labute approximate surface area is 164 Å². The summed E-state index contributed by atoms with van der Waals surface area (Å²) in [7, 11) is 3.60. The Kier molecular flexibility index (Phi) is 3.89. The molecule has 2 aliphatic heterocycles. The monoisotopic (exact) mass is 386 g/mol.